The van der Waals surface area contributed by atoms with E-state index < -0.39 is 24.7 Å². The Morgan fingerprint density at radius 1 is 1.14 bits per heavy atom. The van der Waals surface area contributed by atoms with Crippen LogP contribution in [0, 0.1) is 0 Å². The Hall–Kier alpha value is -1.76. The van der Waals surface area contributed by atoms with Crippen LogP contribution in [0.1, 0.15) is 31.2 Å². The Morgan fingerprint density at radius 2 is 1.68 bits per heavy atom. The third-order valence-corrected chi connectivity index (χ3v) is 3.31. The number of hydrogen-bond acceptors (Lipinski definition) is 2. The standard InChI is InChI=1S/C15H21F3N2O2/c1-11(12-5-3-2-4-6-12)7-9-19-14(22)20-10-8-13(21)15(16,17)18/h2-6,11,13,21H,7-10H2,1H3,(H2,19,20,22). The average Bonchev–Trinajstić information content (AvgIpc) is 2.47. The maximum absolute atomic E-state index is 12.0. The first kappa shape index (κ1) is 18.3. The van der Waals surface area contributed by atoms with E-state index in [1.807, 2.05) is 37.3 Å². The Kier molecular flexibility index (Phi) is 7.17. The van der Waals surface area contributed by atoms with Gasteiger partial charge in [-0.05, 0) is 24.3 Å². The van der Waals surface area contributed by atoms with E-state index in [0.717, 1.165) is 12.0 Å². The summed E-state index contributed by atoms with van der Waals surface area (Å²) in [5, 5.41) is 13.6. The molecule has 0 spiro atoms. The summed E-state index contributed by atoms with van der Waals surface area (Å²) in [7, 11) is 0. The zero-order chi connectivity index (χ0) is 16.6. The molecular weight excluding hydrogens is 297 g/mol. The molecule has 1 aromatic rings. The van der Waals surface area contributed by atoms with Crippen LogP contribution in [0.15, 0.2) is 30.3 Å². The molecule has 0 fully saturated rings. The molecule has 4 nitrogen and oxygen atoms in total. The highest BCUT2D eigenvalue weighted by molar-refractivity contribution is 5.73. The number of alkyl halides is 3. The van der Waals surface area contributed by atoms with Gasteiger partial charge in [0.05, 0.1) is 0 Å². The summed E-state index contributed by atoms with van der Waals surface area (Å²) in [5.41, 5.74) is 1.16. The van der Waals surface area contributed by atoms with Gasteiger partial charge in [0.25, 0.3) is 0 Å². The van der Waals surface area contributed by atoms with Crippen LogP contribution in [0.25, 0.3) is 0 Å². The van der Waals surface area contributed by atoms with Crippen LogP contribution in [-0.4, -0.2) is 36.5 Å². The molecule has 0 radical (unpaired) electrons. The number of nitrogens with one attached hydrogen (secondary N) is 2. The number of urea groups is 1. The predicted molar refractivity (Wildman–Crippen MR) is 77.6 cm³/mol. The smallest absolute Gasteiger partial charge is 0.384 e. The second-order valence-corrected chi connectivity index (χ2v) is 5.13. The van der Waals surface area contributed by atoms with Crippen molar-refractivity contribution >= 4 is 6.03 Å². The molecule has 0 aliphatic carbocycles. The van der Waals surface area contributed by atoms with E-state index in [9.17, 15) is 18.0 Å². The van der Waals surface area contributed by atoms with Crippen LogP contribution in [0.2, 0.25) is 0 Å². The number of aliphatic hydroxyl groups is 1. The second-order valence-electron chi connectivity index (χ2n) is 5.13. The van der Waals surface area contributed by atoms with Gasteiger partial charge < -0.3 is 15.7 Å². The van der Waals surface area contributed by atoms with Crippen molar-refractivity contribution in [1.82, 2.24) is 10.6 Å². The van der Waals surface area contributed by atoms with Gasteiger partial charge in [0, 0.05) is 13.1 Å². The summed E-state index contributed by atoms with van der Waals surface area (Å²) < 4.78 is 36.1. The SMILES string of the molecule is CC(CCNC(=O)NCCC(O)C(F)(F)F)c1ccccc1. The van der Waals surface area contributed by atoms with Gasteiger partial charge in [0.1, 0.15) is 0 Å². The van der Waals surface area contributed by atoms with Crippen LogP contribution < -0.4 is 10.6 Å². The summed E-state index contributed by atoms with van der Waals surface area (Å²) in [6.07, 6.45) is -6.89. The Bertz CT molecular complexity index is 452. The van der Waals surface area contributed by atoms with Gasteiger partial charge in [0.15, 0.2) is 6.10 Å². The van der Waals surface area contributed by atoms with Crippen LogP contribution in [0.3, 0.4) is 0 Å². The molecule has 0 aromatic heterocycles. The molecule has 3 N–H and O–H groups in total. The van der Waals surface area contributed by atoms with Crippen molar-refractivity contribution in [1.29, 1.82) is 0 Å². The topological polar surface area (TPSA) is 61.4 Å². The lowest BCUT2D eigenvalue weighted by Crippen LogP contribution is -2.39. The van der Waals surface area contributed by atoms with Crippen LogP contribution in [0.5, 0.6) is 0 Å². The summed E-state index contributed by atoms with van der Waals surface area (Å²) in [6, 6.07) is 9.29. The third kappa shape index (κ3) is 6.80. The maximum atomic E-state index is 12.0. The minimum Gasteiger partial charge on any atom is -0.384 e. The summed E-state index contributed by atoms with van der Waals surface area (Å²) in [4.78, 5) is 11.4. The Labute approximate surface area is 127 Å². The highest BCUT2D eigenvalue weighted by Crippen LogP contribution is 2.21. The van der Waals surface area contributed by atoms with E-state index >= 15 is 0 Å². The van der Waals surface area contributed by atoms with E-state index in [4.69, 9.17) is 5.11 Å². The molecule has 0 heterocycles. The van der Waals surface area contributed by atoms with Crippen LogP contribution in [0.4, 0.5) is 18.0 Å². The third-order valence-electron chi connectivity index (χ3n) is 3.31. The lowest BCUT2D eigenvalue weighted by molar-refractivity contribution is -0.204. The zero-order valence-electron chi connectivity index (χ0n) is 12.4. The lowest BCUT2D eigenvalue weighted by atomic mass is 9.98. The Morgan fingerprint density at radius 3 is 2.23 bits per heavy atom. The number of aliphatic hydroxyl groups excluding tert-OH is 1. The molecule has 2 unspecified atom stereocenters. The molecule has 2 atom stereocenters. The number of benzene rings is 1. The fourth-order valence-corrected chi connectivity index (χ4v) is 1.90. The largest absolute Gasteiger partial charge is 0.414 e. The van der Waals surface area contributed by atoms with Crippen molar-refractivity contribution in [2.75, 3.05) is 13.1 Å². The second kappa shape index (κ2) is 8.63. The highest BCUT2D eigenvalue weighted by atomic mass is 19.4. The maximum Gasteiger partial charge on any atom is 0.414 e. The van der Waals surface area contributed by atoms with Gasteiger partial charge in [-0.3, -0.25) is 0 Å². The monoisotopic (exact) mass is 318 g/mol. The normalized spacial score (nSPS) is 14.2. The van der Waals surface area contributed by atoms with E-state index in [0.29, 0.717) is 6.54 Å². The molecular formula is C15H21F3N2O2. The number of amides is 2. The van der Waals surface area contributed by atoms with Crippen molar-refractivity contribution in [2.45, 2.75) is 38.0 Å². The number of hydrogen-bond donors (Lipinski definition) is 3. The number of rotatable bonds is 7. The molecule has 0 aliphatic rings. The summed E-state index contributed by atoms with van der Waals surface area (Å²) >= 11 is 0. The first-order valence-corrected chi connectivity index (χ1v) is 7.12. The molecule has 0 saturated carbocycles. The molecule has 1 aromatic carbocycles. The van der Waals surface area contributed by atoms with Gasteiger partial charge in [-0.2, -0.15) is 13.2 Å². The summed E-state index contributed by atoms with van der Waals surface area (Å²) in [6.45, 7) is 2.22. The van der Waals surface area contributed by atoms with E-state index in [1.165, 1.54) is 0 Å². The summed E-state index contributed by atoms with van der Waals surface area (Å²) in [5.74, 6) is 0.272. The van der Waals surface area contributed by atoms with E-state index in [-0.39, 0.29) is 12.5 Å². The van der Waals surface area contributed by atoms with Crippen LogP contribution >= 0.6 is 0 Å². The minimum atomic E-state index is -4.65. The van der Waals surface area contributed by atoms with Crippen molar-refractivity contribution in [3.63, 3.8) is 0 Å². The molecule has 0 aliphatic heterocycles. The van der Waals surface area contributed by atoms with Gasteiger partial charge in [-0.25, -0.2) is 4.79 Å². The van der Waals surface area contributed by atoms with Gasteiger partial charge in [-0.1, -0.05) is 37.3 Å². The molecule has 22 heavy (non-hydrogen) atoms. The molecule has 1 rings (SSSR count). The minimum absolute atomic E-state index is 0.235. The molecule has 2 amide bonds. The number of carbonyl (C=O) groups excluding carboxylic acids is 1. The first-order valence-electron chi connectivity index (χ1n) is 7.12. The van der Waals surface area contributed by atoms with Crippen molar-refractivity contribution < 1.29 is 23.1 Å². The van der Waals surface area contributed by atoms with Gasteiger partial charge in [0.2, 0.25) is 0 Å². The predicted octanol–water partition coefficient (Wildman–Crippen LogP) is 2.79. The van der Waals surface area contributed by atoms with Crippen molar-refractivity contribution in [2.24, 2.45) is 0 Å². The van der Waals surface area contributed by atoms with Crippen LogP contribution in [-0.2, 0) is 0 Å². The lowest BCUT2D eigenvalue weighted by Gasteiger charge is -2.15. The van der Waals surface area contributed by atoms with E-state index in [1.54, 1.807) is 0 Å². The van der Waals surface area contributed by atoms with Gasteiger partial charge >= 0.3 is 12.2 Å². The average molecular weight is 318 g/mol. The number of carbonyl (C=O) groups is 1. The Balaban J connectivity index is 2.16. The molecule has 124 valence electrons. The quantitative estimate of drug-likeness (QED) is 0.724. The molecule has 7 heteroatoms. The van der Waals surface area contributed by atoms with E-state index in [2.05, 4.69) is 10.6 Å². The fourth-order valence-electron chi connectivity index (χ4n) is 1.90. The van der Waals surface area contributed by atoms with Gasteiger partial charge in [-0.15, -0.1) is 0 Å². The highest BCUT2D eigenvalue weighted by Gasteiger charge is 2.37. The zero-order valence-corrected chi connectivity index (χ0v) is 12.4. The fraction of sp³-hybridized carbons (Fsp3) is 0.533. The first-order chi connectivity index (χ1) is 10.3. The van der Waals surface area contributed by atoms with Crippen molar-refractivity contribution in [3.05, 3.63) is 35.9 Å². The molecule has 0 saturated heterocycles. The number of halogens is 3. The molecule has 0 bridgehead atoms. The van der Waals surface area contributed by atoms with Crippen molar-refractivity contribution in [3.8, 4) is 0 Å².